The van der Waals surface area contributed by atoms with Gasteiger partial charge in [-0.2, -0.15) is 0 Å². The summed E-state index contributed by atoms with van der Waals surface area (Å²) in [5.41, 5.74) is 0.864. The predicted octanol–water partition coefficient (Wildman–Crippen LogP) is 5.76. The molecule has 3 atom stereocenters. The average molecular weight is 418 g/mol. The Kier molecular flexibility index (Phi) is 6.74. The zero-order valence-corrected chi connectivity index (χ0v) is 17.3. The molecule has 0 aromatic heterocycles. The van der Waals surface area contributed by atoms with E-state index in [1.165, 1.54) is 0 Å². The van der Waals surface area contributed by atoms with Gasteiger partial charge in [-0.05, 0) is 42.1 Å². The van der Waals surface area contributed by atoms with Crippen molar-refractivity contribution in [3.05, 3.63) is 78.4 Å². The molecule has 7 heteroatoms. The highest BCUT2D eigenvalue weighted by Crippen LogP contribution is 2.38. The number of nitrogens with zero attached hydrogens (tertiary/aromatic N) is 1. The fourth-order valence-corrected chi connectivity index (χ4v) is 3.93. The fraction of sp³-hybridized carbons (Fsp3) is 0.190. The summed E-state index contributed by atoms with van der Waals surface area (Å²) in [6.45, 7) is 3.33. The van der Waals surface area contributed by atoms with Crippen LogP contribution in [0.25, 0.3) is 10.8 Å². The molecule has 3 aromatic carbocycles. The van der Waals surface area contributed by atoms with Crippen molar-refractivity contribution in [1.29, 1.82) is 0 Å². The van der Waals surface area contributed by atoms with Crippen LogP contribution in [0.3, 0.4) is 0 Å². The number of hydrogen-bond acceptors (Lipinski definition) is 4. The van der Waals surface area contributed by atoms with Gasteiger partial charge in [-0.1, -0.05) is 71.6 Å². The second-order valence-corrected chi connectivity index (χ2v) is 8.23. The van der Waals surface area contributed by atoms with E-state index in [-0.39, 0.29) is 0 Å². The number of halogens is 1. The van der Waals surface area contributed by atoms with E-state index in [2.05, 4.69) is 0 Å². The van der Waals surface area contributed by atoms with Gasteiger partial charge in [0.05, 0.1) is 0 Å². The summed E-state index contributed by atoms with van der Waals surface area (Å²) in [4.78, 5) is 19.4. The molecule has 146 valence electrons. The Morgan fingerprint density at radius 1 is 0.964 bits per heavy atom. The molecule has 0 fully saturated rings. The van der Waals surface area contributed by atoms with Crippen LogP contribution in [0.2, 0.25) is 0 Å². The number of fused-ring (bicyclic) bond motifs is 1. The molecule has 0 N–H and O–H groups in total. The number of hydroxylamine groups is 1. The normalized spacial score (nSPS) is 14.4. The molecule has 0 saturated heterocycles. The van der Waals surface area contributed by atoms with E-state index in [0.717, 1.165) is 21.2 Å². The number of hydrogen-bond donors (Lipinski definition) is 0. The third-order valence-electron chi connectivity index (χ3n) is 4.37. The summed E-state index contributed by atoms with van der Waals surface area (Å²) in [5.74, 6) is -0.108. The van der Waals surface area contributed by atoms with Crippen molar-refractivity contribution < 1.29 is 18.9 Å². The van der Waals surface area contributed by atoms with Crippen LogP contribution in [0.1, 0.15) is 25.5 Å². The van der Waals surface area contributed by atoms with Gasteiger partial charge in [-0.25, -0.2) is 0 Å². The van der Waals surface area contributed by atoms with Crippen molar-refractivity contribution in [1.82, 2.24) is 4.83 Å². The molecular formula is C21H21ClNO4P. The standard InChI is InChI=1S/C21H21ClNO4P/c1-15(21(24)26-16(2)17-9-4-3-5-10-17)23(28(22)25)27-20-14-8-12-18-11-6-7-13-19(18)20/h3-16,28H,1-2H3/t15-,16-/m0/s1. The van der Waals surface area contributed by atoms with Crippen molar-refractivity contribution in [2.24, 2.45) is 0 Å². The van der Waals surface area contributed by atoms with Gasteiger partial charge in [0.1, 0.15) is 12.1 Å². The van der Waals surface area contributed by atoms with Gasteiger partial charge in [-0.15, -0.1) is 0 Å². The van der Waals surface area contributed by atoms with E-state index in [1.807, 2.05) is 66.7 Å². The van der Waals surface area contributed by atoms with Crippen LogP contribution >= 0.6 is 18.5 Å². The molecule has 1 unspecified atom stereocenters. The summed E-state index contributed by atoms with van der Waals surface area (Å²) in [7, 11) is -2.85. The van der Waals surface area contributed by atoms with E-state index < -0.39 is 25.4 Å². The first-order valence-electron chi connectivity index (χ1n) is 8.87. The fourth-order valence-electron chi connectivity index (χ4n) is 2.81. The molecule has 0 radical (unpaired) electrons. The Balaban J connectivity index is 1.77. The van der Waals surface area contributed by atoms with Gasteiger partial charge in [0.15, 0.2) is 5.75 Å². The molecule has 5 nitrogen and oxygen atoms in total. The van der Waals surface area contributed by atoms with Gasteiger partial charge in [0, 0.05) is 5.39 Å². The van der Waals surface area contributed by atoms with Crippen molar-refractivity contribution >= 4 is 35.3 Å². The van der Waals surface area contributed by atoms with Crippen LogP contribution in [-0.4, -0.2) is 16.8 Å². The third kappa shape index (κ3) is 4.74. The summed E-state index contributed by atoms with van der Waals surface area (Å²) in [6.07, 6.45) is -0.451. The van der Waals surface area contributed by atoms with E-state index in [1.54, 1.807) is 19.9 Å². The van der Waals surface area contributed by atoms with Crippen LogP contribution in [-0.2, 0) is 14.1 Å². The number of carbonyl (C=O) groups is 1. The predicted molar refractivity (Wildman–Crippen MR) is 112 cm³/mol. The van der Waals surface area contributed by atoms with Crippen molar-refractivity contribution in [2.75, 3.05) is 0 Å². The molecule has 0 heterocycles. The van der Waals surface area contributed by atoms with Gasteiger partial charge in [-0.3, -0.25) is 9.36 Å². The van der Waals surface area contributed by atoms with Crippen LogP contribution in [0.15, 0.2) is 72.8 Å². The van der Waals surface area contributed by atoms with Crippen LogP contribution in [0.4, 0.5) is 0 Å². The Morgan fingerprint density at radius 2 is 1.61 bits per heavy atom. The Bertz CT molecular complexity index is 977. The SMILES string of the molecule is C[C@H](OC(=O)[C@H](C)N(Oc1cccc2ccccc12)[PH](=O)Cl)c1ccccc1. The van der Waals surface area contributed by atoms with E-state index in [4.69, 9.17) is 20.8 Å². The molecule has 0 aliphatic rings. The molecule has 0 amide bonds. The van der Waals surface area contributed by atoms with Crippen LogP contribution in [0.5, 0.6) is 5.75 Å². The number of esters is 1. The monoisotopic (exact) mass is 417 g/mol. The highest BCUT2D eigenvalue weighted by Gasteiger charge is 2.30. The zero-order valence-electron chi connectivity index (χ0n) is 15.5. The minimum atomic E-state index is -2.85. The quantitative estimate of drug-likeness (QED) is 0.278. The lowest BCUT2D eigenvalue weighted by Gasteiger charge is -2.26. The molecule has 0 aliphatic carbocycles. The Morgan fingerprint density at radius 3 is 2.32 bits per heavy atom. The van der Waals surface area contributed by atoms with Gasteiger partial charge < -0.3 is 9.57 Å². The third-order valence-corrected chi connectivity index (χ3v) is 5.70. The highest BCUT2D eigenvalue weighted by atomic mass is 35.7. The molecule has 0 spiro atoms. The Labute approximate surface area is 169 Å². The average Bonchev–Trinajstić information content (AvgIpc) is 2.71. The van der Waals surface area contributed by atoms with E-state index in [0.29, 0.717) is 5.75 Å². The van der Waals surface area contributed by atoms with Gasteiger partial charge in [0.25, 0.3) is 7.30 Å². The minimum Gasteiger partial charge on any atom is -0.457 e. The summed E-state index contributed by atoms with van der Waals surface area (Å²) >= 11 is 5.88. The van der Waals surface area contributed by atoms with Crippen molar-refractivity contribution in [3.8, 4) is 5.75 Å². The second kappa shape index (κ2) is 9.24. The lowest BCUT2D eigenvalue weighted by Crippen LogP contribution is -2.37. The lowest BCUT2D eigenvalue weighted by atomic mass is 10.1. The van der Waals surface area contributed by atoms with Crippen molar-refractivity contribution in [3.63, 3.8) is 0 Å². The summed E-state index contributed by atoms with van der Waals surface area (Å²) in [6, 6.07) is 21.5. The summed E-state index contributed by atoms with van der Waals surface area (Å²) in [5, 5.41) is 1.79. The first-order valence-corrected chi connectivity index (χ1v) is 11.2. The largest absolute Gasteiger partial charge is 0.457 e. The first kappa shape index (κ1) is 20.4. The molecule has 28 heavy (non-hydrogen) atoms. The lowest BCUT2D eigenvalue weighted by molar-refractivity contribution is -0.159. The maximum Gasteiger partial charge on any atom is 0.327 e. The number of carbonyl (C=O) groups excluding carboxylic acids is 1. The molecule has 3 rings (SSSR count). The van der Waals surface area contributed by atoms with E-state index in [9.17, 15) is 9.36 Å². The van der Waals surface area contributed by atoms with Crippen molar-refractivity contribution in [2.45, 2.75) is 26.0 Å². The first-order chi connectivity index (χ1) is 13.5. The topological polar surface area (TPSA) is 55.8 Å². The molecule has 0 aliphatic heterocycles. The molecular weight excluding hydrogens is 397 g/mol. The van der Waals surface area contributed by atoms with Crippen LogP contribution in [0, 0.1) is 0 Å². The molecule has 0 bridgehead atoms. The smallest absolute Gasteiger partial charge is 0.327 e. The minimum absolute atomic E-state index is 0.451. The maximum absolute atomic E-state index is 12.6. The van der Waals surface area contributed by atoms with Gasteiger partial charge in [0.2, 0.25) is 0 Å². The second-order valence-electron chi connectivity index (χ2n) is 6.31. The number of benzene rings is 3. The molecule has 3 aromatic rings. The van der Waals surface area contributed by atoms with E-state index >= 15 is 0 Å². The van der Waals surface area contributed by atoms with Gasteiger partial charge >= 0.3 is 5.97 Å². The zero-order chi connectivity index (χ0) is 20.1. The van der Waals surface area contributed by atoms with Crippen LogP contribution < -0.4 is 4.84 Å². The number of ether oxygens (including phenoxy) is 1. The Hall–Kier alpha value is -2.33. The maximum atomic E-state index is 12.6. The highest BCUT2D eigenvalue weighted by molar-refractivity contribution is 7.71. The number of rotatable bonds is 7. The summed E-state index contributed by atoms with van der Waals surface area (Å²) < 4.78 is 17.6. The molecule has 0 saturated carbocycles.